The van der Waals surface area contributed by atoms with E-state index in [2.05, 4.69) is 157 Å². The summed E-state index contributed by atoms with van der Waals surface area (Å²) in [5, 5.41) is 16.8. The van der Waals surface area contributed by atoms with Crippen molar-refractivity contribution in [3.8, 4) is 22.3 Å². The zero-order valence-corrected chi connectivity index (χ0v) is 28.4. The number of fused-ring (bicyclic) bond motifs is 13. The van der Waals surface area contributed by atoms with E-state index < -0.39 is 0 Å². The van der Waals surface area contributed by atoms with Gasteiger partial charge in [-0.15, -0.1) is 0 Å². The summed E-state index contributed by atoms with van der Waals surface area (Å²) in [5.74, 6) is 0. The van der Waals surface area contributed by atoms with Crippen molar-refractivity contribution in [1.82, 2.24) is 0 Å². The molecule has 11 aromatic rings. The lowest BCUT2D eigenvalue weighted by Crippen LogP contribution is -1.92. The summed E-state index contributed by atoms with van der Waals surface area (Å²) in [4.78, 5) is 3.80. The van der Waals surface area contributed by atoms with Gasteiger partial charge < -0.3 is 4.42 Å². The van der Waals surface area contributed by atoms with E-state index in [0.29, 0.717) is 5.69 Å². The SMILES string of the molecule is [C-]#[N+]c1cc(C)cc(-c2c3ccccc3c(-c3ccc4c(c3)c3ccccc3c3cc5c(cc43)oc3ccc4ccccc4c35)c3ccccc23)c1. The molecular formula is C50H29NO. The first-order chi connectivity index (χ1) is 25.6. The average molecular weight is 660 g/mol. The lowest BCUT2D eigenvalue weighted by Gasteiger charge is -2.19. The summed E-state index contributed by atoms with van der Waals surface area (Å²) in [6.07, 6.45) is 0. The van der Waals surface area contributed by atoms with Crippen LogP contribution in [0.15, 0.2) is 162 Å². The number of furan rings is 1. The molecule has 52 heavy (non-hydrogen) atoms. The molecule has 0 bridgehead atoms. The van der Waals surface area contributed by atoms with Crippen molar-refractivity contribution >= 4 is 92.3 Å². The number of nitrogens with zero attached hydrogens (tertiary/aromatic N) is 1. The van der Waals surface area contributed by atoms with Crippen LogP contribution in [0.2, 0.25) is 0 Å². The van der Waals surface area contributed by atoms with E-state index in [9.17, 15) is 0 Å². The molecule has 0 radical (unpaired) electrons. The molecule has 0 unspecified atom stereocenters. The van der Waals surface area contributed by atoms with Gasteiger partial charge in [0.1, 0.15) is 11.2 Å². The number of rotatable bonds is 2. The van der Waals surface area contributed by atoms with Gasteiger partial charge >= 0.3 is 0 Å². The van der Waals surface area contributed by atoms with Gasteiger partial charge in [0.25, 0.3) is 0 Å². The largest absolute Gasteiger partial charge is 0.456 e. The van der Waals surface area contributed by atoms with Crippen LogP contribution in [-0.2, 0) is 0 Å². The standard InChI is InChI=1S/C50H29NO/c1-29-23-32(25-33(24-29)51-2)49-40-17-9-7-15-38(40)48(39-16-8-10-18-41(39)49)31-19-21-37-42(26-31)35-13-5-6-14-36(35)43-27-45-47(28-44(37)43)52-46-22-20-30-11-3-4-12-34(30)50(45)46/h3-28H,1H3. The Morgan fingerprint density at radius 3 is 1.63 bits per heavy atom. The summed E-state index contributed by atoms with van der Waals surface area (Å²) in [6, 6.07) is 56.9. The van der Waals surface area contributed by atoms with E-state index in [1.165, 1.54) is 86.7 Å². The van der Waals surface area contributed by atoms with Gasteiger partial charge in [0, 0.05) is 10.8 Å². The van der Waals surface area contributed by atoms with Gasteiger partial charge in [-0.3, -0.25) is 0 Å². The summed E-state index contributed by atoms with van der Waals surface area (Å²) < 4.78 is 6.57. The van der Waals surface area contributed by atoms with Crippen LogP contribution in [0, 0.1) is 13.5 Å². The number of hydrogen-bond acceptors (Lipinski definition) is 1. The second-order valence-corrected chi connectivity index (χ2v) is 14.0. The number of hydrogen-bond donors (Lipinski definition) is 0. The van der Waals surface area contributed by atoms with Crippen LogP contribution in [0.25, 0.3) is 114 Å². The van der Waals surface area contributed by atoms with Gasteiger partial charge in [0.2, 0.25) is 0 Å². The van der Waals surface area contributed by atoms with Gasteiger partial charge in [0.15, 0.2) is 5.69 Å². The monoisotopic (exact) mass is 659 g/mol. The van der Waals surface area contributed by atoms with Gasteiger partial charge in [0.05, 0.1) is 6.57 Å². The van der Waals surface area contributed by atoms with E-state index in [1.807, 2.05) is 12.1 Å². The highest BCUT2D eigenvalue weighted by Gasteiger charge is 2.19. The quantitative estimate of drug-likeness (QED) is 0.103. The molecule has 11 rings (SSSR count). The molecule has 2 heteroatoms. The molecular weight excluding hydrogens is 631 g/mol. The molecule has 0 aliphatic heterocycles. The van der Waals surface area contributed by atoms with E-state index in [-0.39, 0.29) is 0 Å². The fraction of sp³-hybridized carbons (Fsp3) is 0.0200. The van der Waals surface area contributed by atoms with Crippen LogP contribution in [-0.4, -0.2) is 0 Å². The third-order valence-electron chi connectivity index (χ3n) is 11.0. The van der Waals surface area contributed by atoms with Crippen molar-refractivity contribution in [3.63, 3.8) is 0 Å². The summed E-state index contributed by atoms with van der Waals surface area (Å²) in [7, 11) is 0. The smallest absolute Gasteiger partial charge is 0.188 e. The highest BCUT2D eigenvalue weighted by atomic mass is 16.3. The second-order valence-electron chi connectivity index (χ2n) is 14.0. The van der Waals surface area contributed by atoms with Crippen molar-refractivity contribution in [3.05, 3.63) is 175 Å². The van der Waals surface area contributed by atoms with Crippen molar-refractivity contribution in [2.24, 2.45) is 0 Å². The fourth-order valence-corrected chi connectivity index (χ4v) is 8.87. The van der Waals surface area contributed by atoms with Crippen LogP contribution < -0.4 is 0 Å². The molecule has 0 amide bonds. The first-order valence-electron chi connectivity index (χ1n) is 17.7. The Kier molecular flexibility index (Phi) is 5.98. The van der Waals surface area contributed by atoms with E-state index in [4.69, 9.17) is 11.0 Å². The van der Waals surface area contributed by atoms with Crippen molar-refractivity contribution in [1.29, 1.82) is 0 Å². The maximum atomic E-state index is 7.76. The Bertz CT molecular complexity index is 3320. The van der Waals surface area contributed by atoms with Gasteiger partial charge in [-0.1, -0.05) is 133 Å². The summed E-state index contributed by atoms with van der Waals surface area (Å²) in [6.45, 7) is 9.83. The molecule has 2 nitrogen and oxygen atoms in total. The molecule has 0 atom stereocenters. The lowest BCUT2D eigenvalue weighted by molar-refractivity contribution is 0.670. The maximum Gasteiger partial charge on any atom is 0.188 e. The van der Waals surface area contributed by atoms with Crippen molar-refractivity contribution in [2.75, 3.05) is 0 Å². The molecule has 0 fully saturated rings. The van der Waals surface area contributed by atoms with Crippen LogP contribution >= 0.6 is 0 Å². The van der Waals surface area contributed by atoms with E-state index in [1.54, 1.807) is 0 Å². The topological polar surface area (TPSA) is 17.5 Å². The first kappa shape index (κ1) is 28.8. The molecule has 240 valence electrons. The maximum absolute atomic E-state index is 7.76. The minimum Gasteiger partial charge on any atom is -0.456 e. The van der Waals surface area contributed by atoms with Crippen LogP contribution in [0.4, 0.5) is 5.69 Å². The van der Waals surface area contributed by atoms with E-state index >= 15 is 0 Å². The van der Waals surface area contributed by atoms with E-state index in [0.717, 1.165) is 27.7 Å². The second kappa shape index (κ2) is 10.8. The molecule has 0 saturated carbocycles. The third-order valence-corrected chi connectivity index (χ3v) is 11.0. The zero-order chi connectivity index (χ0) is 34.5. The Hall–Kier alpha value is -6.95. The average Bonchev–Trinajstić information content (AvgIpc) is 3.57. The molecule has 0 aliphatic rings. The normalized spacial score (nSPS) is 11.9. The van der Waals surface area contributed by atoms with Gasteiger partial charge in [-0.25, -0.2) is 4.85 Å². The molecule has 1 heterocycles. The highest BCUT2D eigenvalue weighted by Crippen LogP contribution is 2.47. The Morgan fingerprint density at radius 1 is 0.404 bits per heavy atom. The highest BCUT2D eigenvalue weighted by molar-refractivity contribution is 6.31. The first-order valence-corrected chi connectivity index (χ1v) is 17.7. The third kappa shape index (κ3) is 4.05. The summed E-state index contributed by atoms with van der Waals surface area (Å²) >= 11 is 0. The summed E-state index contributed by atoms with van der Waals surface area (Å²) in [5.41, 5.74) is 8.21. The fourth-order valence-electron chi connectivity index (χ4n) is 8.87. The van der Waals surface area contributed by atoms with Crippen molar-refractivity contribution in [2.45, 2.75) is 6.92 Å². The Morgan fingerprint density at radius 2 is 0.962 bits per heavy atom. The minimum absolute atomic E-state index is 0.661. The number of benzene rings is 10. The molecule has 0 saturated heterocycles. The Labute approximate surface area is 299 Å². The molecule has 10 aromatic carbocycles. The molecule has 1 aromatic heterocycles. The van der Waals surface area contributed by atoms with Crippen molar-refractivity contribution < 1.29 is 4.42 Å². The molecule has 0 N–H and O–H groups in total. The van der Waals surface area contributed by atoms with Gasteiger partial charge in [-0.2, -0.15) is 0 Å². The zero-order valence-electron chi connectivity index (χ0n) is 28.4. The van der Waals surface area contributed by atoms with Crippen LogP contribution in [0.3, 0.4) is 0 Å². The van der Waals surface area contributed by atoms with Gasteiger partial charge in [-0.05, 0) is 124 Å². The Balaban J connectivity index is 1.23. The predicted molar refractivity (Wildman–Crippen MR) is 221 cm³/mol. The minimum atomic E-state index is 0.661. The molecule has 0 spiro atoms. The predicted octanol–water partition coefficient (Wildman–Crippen LogP) is 14.7. The van der Waals surface area contributed by atoms with Crippen LogP contribution in [0.5, 0.6) is 0 Å². The lowest BCUT2D eigenvalue weighted by atomic mass is 9.84. The number of aryl methyl sites for hydroxylation is 1. The van der Waals surface area contributed by atoms with Crippen LogP contribution in [0.1, 0.15) is 5.56 Å². The molecule has 0 aliphatic carbocycles.